The molecule has 1 saturated carbocycles. The number of anilines is 1. The zero-order valence-electron chi connectivity index (χ0n) is 11.0. The van der Waals surface area contributed by atoms with Gasteiger partial charge in [0.2, 0.25) is 0 Å². The average molecular weight is 269 g/mol. The van der Waals surface area contributed by atoms with Gasteiger partial charge in [0.1, 0.15) is 5.75 Å². The van der Waals surface area contributed by atoms with Gasteiger partial charge in [-0.2, -0.15) is 0 Å². The molecule has 1 aliphatic rings. The number of ether oxygens (including phenoxy) is 1. The summed E-state index contributed by atoms with van der Waals surface area (Å²) in [7, 11) is 1.68. The summed E-state index contributed by atoms with van der Waals surface area (Å²) in [5.41, 5.74) is 8.11. The molecule has 2 unspecified atom stereocenters. The summed E-state index contributed by atoms with van der Waals surface area (Å²) in [5.74, 6) is 0.828. The first-order valence-corrected chi connectivity index (χ1v) is 6.86. The maximum atomic E-state index is 6.17. The molecule has 1 aromatic carbocycles. The number of aryl methyl sites for hydroxylation is 1. The maximum absolute atomic E-state index is 6.17. The molecule has 2 atom stereocenters. The van der Waals surface area contributed by atoms with E-state index in [1.807, 2.05) is 19.1 Å². The Kier molecular flexibility index (Phi) is 4.36. The van der Waals surface area contributed by atoms with Crippen LogP contribution < -0.4 is 15.8 Å². The van der Waals surface area contributed by atoms with Crippen LogP contribution in [-0.2, 0) is 0 Å². The molecule has 1 aromatic rings. The monoisotopic (exact) mass is 268 g/mol. The second-order valence-electron chi connectivity index (χ2n) is 5.00. The molecule has 0 radical (unpaired) electrons. The van der Waals surface area contributed by atoms with E-state index < -0.39 is 0 Å². The molecule has 0 bridgehead atoms. The van der Waals surface area contributed by atoms with Crippen molar-refractivity contribution in [1.82, 2.24) is 0 Å². The Bertz CT molecular complexity index is 423. The summed E-state index contributed by atoms with van der Waals surface area (Å²) in [5, 5.41) is 4.24. The fourth-order valence-electron chi connectivity index (χ4n) is 2.48. The minimum atomic E-state index is 0.212. The van der Waals surface area contributed by atoms with Crippen LogP contribution in [0.15, 0.2) is 12.1 Å². The van der Waals surface area contributed by atoms with Gasteiger partial charge in [0.05, 0.1) is 12.8 Å². The smallest absolute Gasteiger partial charge is 0.142 e. The van der Waals surface area contributed by atoms with E-state index >= 15 is 0 Å². The fourth-order valence-corrected chi connectivity index (χ4v) is 2.64. The molecule has 0 aliphatic heterocycles. The standard InChI is InChI=1S/C14H21ClN2O/c1-9-7-14(18-2)13(8-10(9)15)17-12-6-4-3-5-11(12)16/h7-8,11-12,17H,3-6,16H2,1-2H3. The van der Waals surface area contributed by atoms with Crippen LogP contribution in [0.4, 0.5) is 5.69 Å². The molecule has 0 aromatic heterocycles. The molecule has 0 spiro atoms. The average Bonchev–Trinajstić information content (AvgIpc) is 2.36. The molecule has 100 valence electrons. The van der Waals surface area contributed by atoms with Crippen LogP contribution in [0.3, 0.4) is 0 Å². The highest BCUT2D eigenvalue weighted by Crippen LogP contribution is 2.32. The Morgan fingerprint density at radius 3 is 2.72 bits per heavy atom. The summed E-state index contributed by atoms with van der Waals surface area (Å²) >= 11 is 6.17. The van der Waals surface area contributed by atoms with Gasteiger partial charge in [0, 0.05) is 17.1 Å². The van der Waals surface area contributed by atoms with E-state index in [2.05, 4.69) is 5.32 Å². The summed E-state index contributed by atoms with van der Waals surface area (Å²) < 4.78 is 5.40. The lowest BCUT2D eigenvalue weighted by Gasteiger charge is -2.30. The van der Waals surface area contributed by atoms with Crippen molar-refractivity contribution in [3.63, 3.8) is 0 Å². The van der Waals surface area contributed by atoms with Crippen LogP contribution in [-0.4, -0.2) is 19.2 Å². The van der Waals surface area contributed by atoms with Gasteiger partial charge in [-0.3, -0.25) is 0 Å². The van der Waals surface area contributed by atoms with Gasteiger partial charge in [0.25, 0.3) is 0 Å². The summed E-state index contributed by atoms with van der Waals surface area (Å²) in [6.07, 6.45) is 4.65. The third-order valence-electron chi connectivity index (χ3n) is 3.64. The lowest BCUT2D eigenvalue weighted by atomic mass is 9.91. The van der Waals surface area contributed by atoms with Gasteiger partial charge in [-0.05, 0) is 37.5 Å². The van der Waals surface area contributed by atoms with Crippen molar-refractivity contribution in [3.8, 4) is 5.75 Å². The van der Waals surface area contributed by atoms with Gasteiger partial charge < -0.3 is 15.8 Å². The Morgan fingerprint density at radius 2 is 2.06 bits per heavy atom. The lowest BCUT2D eigenvalue weighted by Crippen LogP contribution is -2.42. The first kappa shape index (κ1) is 13.5. The zero-order valence-corrected chi connectivity index (χ0v) is 11.8. The Morgan fingerprint density at radius 1 is 1.33 bits per heavy atom. The molecule has 0 saturated heterocycles. The van der Waals surface area contributed by atoms with Crippen molar-refractivity contribution >= 4 is 17.3 Å². The summed E-state index contributed by atoms with van der Waals surface area (Å²) in [6.45, 7) is 1.97. The van der Waals surface area contributed by atoms with Crippen LogP contribution in [0.1, 0.15) is 31.2 Å². The third kappa shape index (κ3) is 2.90. The quantitative estimate of drug-likeness (QED) is 0.884. The van der Waals surface area contributed by atoms with E-state index in [-0.39, 0.29) is 6.04 Å². The number of halogens is 1. The van der Waals surface area contributed by atoms with Gasteiger partial charge >= 0.3 is 0 Å². The second-order valence-corrected chi connectivity index (χ2v) is 5.41. The highest BCUT2D eigenvalue weighted by molar-refractivity contribution is 6.31. The van der Waals surface area contributed by atoms with E-state index in [4.69, 9.17) is 22.1 Å². The van der Waals surface area contributed by atoms with Gasteiger partial charge in [0.15, 0.2) is 0 Å². The van der Waals surface area contributed by atoms with Crippen LogP contribution >= 0.6 is 11.6 Å². The molecule has 1 fully saturated rings. The van der Waals surface area contributed by atoms with Crippen molar-refractivity contribution in [2.45, 2.75) is 44.7 Å². The topological polar surface area (TPSA) is 47.3 Å². The molecular formula is C14H21ClN2O. The van der Waals surface area contributed by atoms with Gasteiger partial charge in [-0.15, -0.1) is 0 Å². The van der Waals surface area contributed by atoms with Crippen LogP contribution in [0.5, 0.6) is 5.75 Å². The Hall–Kier alpha value is -0.930. The number of hydrogen-bond acceptors (Lipinski definition) is 3. The van der Waals surface area contributed by atoms with Gasteiger partial charge in [-0.25, -0.2) is 0 Å². The van der Waals surface area contributed by atoms with E-state index in [9.17, 15) is 0 Å². The number of rotatable bonds is 3. The molecule has 0 heterocycles. The summed E-state index contributed by atoms with van der Waals surface area (Å²) in [6, 6.07) is 4.41. The van der Waals surface area contributed by atoms with E-state index in [0.29, 0.717) is 6.04 Å². The number of nitrogens with two attached hydrogens (primary N) is 1. The minimum absolute atomic E-state index is 0.212. The van der Waals surface area contributed by atoms with Crippen LogP contribution in [0, 0.1) is 6.92 Å². The molecule has 2 rings (SSSR count). The normalized spacial score (nSPS) is 23.8. The van der Waals surface area contributed by atoms with Crippen molar-refractivity contribution in [1.29, 1.82) is 0 Å². The van der Waals surface area contributed by atoms with E-state index in [1.54, 1.807) is 7.11 Å². The lowest BCUT2D eigenvalue weighted by molar-refractivity contribution is 0.396. The maximum Gasteiger partial charge on any atom is 0.142 e. The summed E-state index contributed by atoms with van der Waals surface area (Å²) in [4.78, 5) is 0. The van der Waals surface area contributed by atoms with Gasteiger partial charge in [-0.1, -0.05) is 24.4 Å². The van der Waals surface area contributed by atoms with Crippen molar-refractivity contribution < 1.29 is 4.74 Å². The minimum Gasteiger partial charge on any atom is -0.495 e. The highest BCUT2D eigenvalue weighted by Gasteiger charge is 2.22. The number of hydrogen-bond donors (Lipinski definition) is 2. The molecule has 3 N–H and O–H groups in total. The third-order valence-corrected chi connectivity index (χ3v) is 4.05. The Balaban J connectivity index is 2.19. The number of nitrogens with one attached hydrogen (secondary N) is 1. The molecule has 0 amide bonds. The van der Waals surface area contributed by atoms with Crippen LogP contribution in [0.25, 0.3) is 0 Å². The molecule has 1 aliphatic carbocycles. The Labute approximate surface area is 114 Å². The fraction of sp³-hybridized carbons (Fsp3) is 0.571. The molecular weight excluding hydrogens is 248 g/mol. The first-order valence-electron chi connectivity index (χ1n) is 6.48. The van der Waals surface area contributed by atoms with E-state index in [0.717, 1.165) is 34.9 Å². The van der Waals surface area contributed by atoms with E-state index in [1.165, 1.54) is 12.8 Å². The number of methoxy groups -OCH3 is 1. The SMILES string of the molecule is COc1cc(C)c(Cl)cc1NC1CCCCC1N. The largest absolute Gasteiger partial charge is 0.495 e. The second kappa shape index (κ2) is 5.81. The molecule has 3 nitrogen and oxygen atoms in total. The van der Waals surface area contributed by atoms with Crippen molar-refractivity contribution in [2.75, 3.05) is 12.4 Å². The number of benzene rings is 1. The van der Waals surface area contributed by atoms with Crippen LogP contribution in [0.2, 0.25) is 5.02 Å². The van der Waals surface area contributed by atoms with Crippen molar-refractivity contribution in [2.24, 2.45) is 5.73 Å². The van der Waals surface area contributed by atoms with Crippen molar-refractivity contribution in [3.05, 3.63) is 22.7 Å². The first-order chi connectivity index (χ1) is 8.61. The highest BCUT2D eigenvalue weighted by atomic mass is 35.5. The predicted octanol–water partition coefficient (Wildman–Crippen LogP) is 3.34. The zero-order chi connectivity index (χ0) is 13.1. The predicted molar refractivity (Wildman–Crippen MR) is 76.6 cm³/mol. The molecule has 18 heavy (non-hydrogen) atoms. The molecule has 4 heteroatoms.